The summed E-state index contributed by atoms with van der Waals surface area (Å²) in [5.41, 5.74) is -1.88. The zero-order valence-electron chi connectivity index (χ0n) is 17.1. The van der Waals surface area contributed by atoms with Gasteiger partial charge in [0.2, 0.25) is 0 Å². The van der Waals surface area contributed by atoms with Crippen molar-refractivity contribution >= 4 is 29.3 Å². The molecule has 1 N–H and O–H groups in total. The number of halogens is 3. The number of carbonyl (C=O) groups excluding carboxylic acids is 2. The van der Waals surface area contributed by atoms with Crippen LogP contribution in [0.5, 0.6) is 0 Å². The molecule has 33 heavy (non-hydrogen) atoms. The van der Waals surface area contributed by atoms with E-state index in [0.717, 1.165) is 36.7 Å². The second-order valence-corrected chi connectivity index (χ2v) is 8.13. The molecular formula is C21H19F3N2O6S. The zero-order valence-corrected chi connectivity index (χ0v) is 17.9. The predicted molar refractivity (Wildman–Crippen MR) is 111 cm³/mol. The first-order valence-corrected chi connectivity index (χ1v) is 10.6. The van der Waals surface area contributed by atoms with Crippen molar-refractivity contribution in [1.29, 1.82) is 0 Å². The Kier molecular flexibility index (Phi) is 7.92. The Labute approximate surface area is 190 Å². The van der Waals surface area contributed by atoms with Crippen LogP contribution in [-0.4, -0.2) is 42.7 Å². The lowest BCUT2D eigenvalue weighted by Gasteiger charge is -2.12. The zero-order chi connectivity index (χ0) is 24.0. The first-order chi connectivity index (χ1) is 15.6. The maximum Gasteiger partial charge on any atom is 0.416 e. The topological polar surface area (TPSA) is 108 Å². The summed E-state index contributed by atoms with van der Waals surface area (Å²) in [5, 5.41) is 13.9. The number of rotatable bonds is 8. The molecule has 1 atom stereocenters. The Balaban J connectivity index is 1.69. The molecule has 1 amide bonds. The van der Waals surface area contributed by atoms with Gasteiger partial charge in [0.25, 0.3) is 11.6 Å². The van der Waals surface area contributed by atoms with Crippen LogP contribution in [0.2, 0.25) is 0 Å². The maximum absolute atomic E-state index is 12.9. The Morgan fingerprint density at radius 2 is 1.97 bits per heavy atom. The molecule has 12 heteroatoms. The fourth-order valence-corrected chi connectivity index (χ4v) is 4.08. The predicted octanol–water partition coefficient (Wildman–Crippen LogP) is 4.22. The van der Waals surface area contributed by atoms with Crippen molar-refractivity contribution in [2.24, 2.45) is 0 Å². The first kappa shape index (κ1) is 24.5. The average molecular weight is 484 g/mol. The van der Waals surface area contributed by atoms with Crippen LogP contribution in [0.25, 0.3) is 0 Å². The van der Waals surface area contributed by atoms with Crippen LogP contribution in [-0.2, 0) is 20.4 Å². The minimum atomic E-state index is -4.74. The lowest BCUT2D eigenvalue weighted by atomic mass is 10.2. The number of nitro groups is 1. The molecule has 3 rings (SSSR count). The summed E-state index contributed by atoms with van der Waals surface area (Å²) in [6.07, 6.45) is -3.05. The van der Waals surface area contributed by atoms with Gasteiger partial charge in [-0.15, -0.1) is 0 Å². The van der Waals surface area contributed by atoms with E-state index < -0.39 is 40.8 Å². The van der Waals surface area contributed by atoms with E-state index in [9.17, 15) is 32.9 Å². The van der Waals surface area contributed by atoms with E-state index in [2.05, 4.69) is 5.32 Å². The summed E-state index contributed by atoms with van der Waals surface area (Å²) in [6.45, 7) is 0.409. The molecular weight excluding hydrogens is 465 g/mol. The normalized spacial score (nSPS) is 15.8. The highest BCUT2D eigenvalue weighted by molar-refractivity contribution is 7.99. The van der Waals surface area contributed by atoms with Crippen molar-refractivity contribution in [3.05, 3.63) is 63.7 Å². The van der Waals surface area contributed by atoms with Crippen LogP contribution in [0, 0.1) is 10.1 Å². The Morgan fingerprint density at radius 3 is 2.64 bits per heavy atom. The van der Waals surface area contributed by atoms with Gasteiger partial charge in [0.05, 0.1) is 27.0 Å². The fourth-order valence-electron chi connectivity index (χ4n) is 3.06. The highest BCUT2D eigenvalue weighted by Crippen LogP contribution is 2.40. The monoisotopic (exact) mass is 484 g/mol. The number of hydrogen-bond donors (Lipinski definition) is 1. The molecule has 0 aromatic heterocycles. The fraction of sp³-hybridized carbons (Fsp3) is 0.333. The lowest BCUT2D eigenvalue weighted by Crippen LogP contribution is -2.34. The maximum atomic E-state index is 12.9. The summed E-state index contributed by atoms with van der Waals surface area (Å²) in [7, 11) is 0. The molecule has 0 unspecified atom stereocenters. The summed E-state index contributed by atoms with van der Waals surface area (Å²) in [6, 6.07) is 8.11. The average Bonchev–Trinajstić information content (AvgIpc) is 3.29. The minimum Gasteiger partial charge on any atom is -0.452 e. The Bertz CT molecular complexity index is 1040. The number of benzene rings is 2. The largest absolute Gasteiger partial charge is 0.452 e. The van der Waals surface area contributed by atoms with Crippen LogP contribution in [0.15, 0.2) is 52.3 Å². The number of nitrogens with one attached hydrogen (secondary N) is 1. The van der Waals surface area contributed by atoms with Crippen LogP contribution in [0.4, 0.5) is 18.9 Å². The van der Waals surface area contributed by atoms with E-state index in [4.69, 9.17) is 9.47 Å². The smallest absolute Gasteiger partial charge is 0.416 e. The number of carbonyl (C=O) groups is 2. The quantitative estimate of drug-likeness (QED) is 0.340. The molecule has 2 aromatic rings. The van der Waals surface area contributed by atoms with Crippen LogP contribution in [0.3, 0.4) is 0 Å². The molecule has 1 heterocycles. The van der Waals surface area contributed by atoms with Crippen molar-refractivity contribution in [2.75, 3.05) is 19.8 Å². The third-order valence-electron chi connectivity index (χ3n) is 4.70. The second-order valence-electron chi connectivity index (χ2n) is 7.05. The summed E-state index contributed by atoms with van der Waals surface area (Å²) >= 11 is 0.751. The lowest BCUT2D eigenvalue weighted by molar-refractivity contribution is -0.388. The molecule has 0 aliphatic carbocycles. The summed E-state index contributed by atoms with van der Waals surface area (Å²) < 4.78 is 49.2. The highest BCUT2D eigenvalue weighted by atomic mass is 32.2. The summed E-state index contributed by atoms with van der Waals surface area (Å²) in [4.78, 5) is 35.0. The number of hydrogen-bond acceptors (Lipinski definition) is 7. The number of amides is 1. The van der Waals surface area contributed by atoms with Gasteiger partial charge >= 0.3 is 12.1 Å². The van der Waals surface area contributed by atoms with Gasteiger partial charge in [-0.25, -0.2) is 4.79 Å². The number of esters is 1. The molecule has 1 aliphatic rings. The third-order valence-corrected chi connectivity index (χ3v) is 5.84. The minimum absolute atomic E-state index is 0.0172. The van der Waals surface area contributed by atoms with Crippen LogP contribution >= 0.6 is 11.8 Å². The van der Waals surface area contributed by atoms with Crippen molar-refractivity contribution in [2.45, 2.75) is 34.9 Å². The van der Waals surface area contributed by atoms with Crippen molar-refractivity contribution in [3.8, 4) is 0 Å². The van der Waals surface area contributed by atoms with E-state index in [1.165, 1.54) is 18.2 Å². The summed E-state index contributed by atoms with van der Waals surface area (Å²) in [5.74, 6) is -1.36. The van der Waals surface area contributed by atoms with Gasteiger partial charge in [0.15, 0.2) is 6.61 Å². The molecule has 1 fully saturated rings. The van der Waals surface area contributed by atoms with E-state index in [1.807, 2.05) is 0 Å². The van der Waals surface area contributed by atoms with E-state index in [1.54, 1.807) is 6.07 Å². The van der Waals surface area contributed by atoms with Gasteiger partial charge in [0, 0.05) is 24.1 Å². The van der Waals surface area contributed by atoms with E-state index in [-0.39, 0.29) is 21.5 Å². The number of alkyl halides is 3. The number of nitro benzene ring substituents is 1. The molecule has 0 radical (unpaired) electrons. The van der Waals surface area contributed by atoms with Gasteiger partial charge in [-0.3, -0.25) is 14.9 Å². The van der Waals surface area contributed by atoms with Crippen molar-refractivity contribution < 1.29 is 37.2 Å². The molecule has 1 aliphatic heterocycles. The third kappa shape index (κ3) is 6.68. The molecule has 8 nitrogen and oxygen atoms in total. The van der Waals surface area contributed by atoms with Gasteiger partial charge in [-0.2, -0.15) is 13.2 Å². The van der Waals surface area contributed by atoms with Gasteiger partial charge in [0.1, 0.15) is 0 Å². The van der Waals surface area contributed by atoms with Crippen LogP contribution < -0.4 is 5.32 Å². The molecule has 176 valence electrons. The molecule has 0 spiro atoms. The molecule has 1 saturated heterocycles. The second kappa shape index (κ2) is 10.7. The van der Waals surface area contributed by atoms with Crippen molar-refractivity contribution in [3.63, 3.8) is 0 Å². The highest BCUT2D eigenvalue weighted by Gasteiger charge is 2.33. The molecule has 2 aromatic carbocycles. The number of ether oxygens (including phenoxy) is 2. The van der Waals surface area contributed by atoms with Crippen molar-refractivity contribution in [1.82, 2.24) is 5.32 Å². The Hall–Kier alpha value is -3.12. The number of nitrogens with zero attached hydrogens (tertiary/aromatic N) is 1. The van der Waals surface area contributed by atoms with Gasteiger partial charge in [-0.05, 0) is 37.1 Å². The molecule has 0 bridgehead atoms. The van der Waals surface area contributed by atoms with E-state index in [0.29, 0.717) is 19.2 Å². The van der Waals surface area contributed by atoms with Gasteiger partial charge < -0.3 is 14.8 Å². The van der Waals surface area contributed by atoms with Crippen LogP contribution in [0.1, 0.15) is 28.8 Å². The molecule has 0 saturated carbocycles. The van der Waals surface area contributed by atoms with E-state index >= 15 is 0 Å². The van der Waals surface area contributed by atoms with Gasteiger partial charge in [-0.1, -0.05) is 23.9 Å². The SMILES string of the molecule is O=C(COC(=O)c1ccccc1Sc1ccc(C(F)(F)F)cc1[N+](=O)[O-])NC[C@H]1CCCO1. The standard InChI is InChI=1S/C21H19F3N2O6S/c22-21(23,24)13-7-8-18(16(10-13)26(29)30)33-17-6-2-1-5-15(17)20(28)32-12-19(27)25-11-14-4-3-9-31-14/h1-2,5-8,10,14H,3-4,9,11-12H2,(H,25,27)/t14-/m1/s1. The first-order valence-electron chi connectivity index (χ1n) is 9.83. The Morgan fingerprint density at radius 1 is 1.21 bits per heavy atom.